The Labute approximate surface area is 185 Å². The maximum atomic E-state index is 6.22. The molecule has 0 N–H and O–H groups in total. The van der Waals surface area contributed by atoms with E-state index in [4.69, 9.17) is 14.5 Å². The van der Waals surface area contributed by atoms with Crippen LogP contribution in [0.4, 0.5) is 0 Å². The van der Waals surface area contributed by atoms with E-state index in [1.54, 1.807) is 7.11 Å². The lowest BCUT2D eigenvalue weighted by Crippen LogP contribution is -2.11. The summed E-state index contributed by atoms with van der Waals surface area (Å²) < 4.78 is 13.9. The van der Waals surface area contributed by atoms with Gasteiger partial charge in [-0.25, -0.2) is 0 Å². The van der Waals surface area contributed by atoms with Gasteiger partial charge in [-0.15, -0.1) is 10.2 Å². The maximum absolute atomic E-state index is 6.22. The number of aromatic nitrogens is 4. The SMILES string of the molecule is COc1ccccc1-c1nc2c(c3nnc(Cc4ccccc4)n13)Cc1ccccc1O2. The van der Waals surface area contributed by atoms with Gasteiger partial charge >= 0.3 is 0 Å². The van der Waals surface area contributed by atoms with E-state index in [0.29, 0.717) is 24.5 Å². The first-order chi connectivity index (χ1) is 15.8. The van der Waals surface area contributed by atoms with Crippen molar-refractivity contribution in [2.75, 3.05) is 7.11 Å². The Bertz CT molecular complexity index is 1440. The smallest absolute Gasteiger partial charge is 0.228 e. The number of hydrogen-bond acceptors (Lipinski definition) is 5. The molecule has 1 aliphatic heterocycles. The molecular weight excluding hydrogens is 400 g/mol. The van der Waals surface area contributed by atoms with E-state index in [1.165, 1.54) is 0 Å². The van der Waals surface area contributed by atoms with Gasteiger partial charge in [-0.05, 0) is 29.3 Å². The van der Waals surface area contributed by atoms with Gasteiger partial charge in [0.15, 0.2) is 11.5 Å². The van der Waals surface area contributed by atoms with E-state index in [9.17, 15) is 0 Å². The molecule has 6 nitrogen and oxygen atoms in total. The number of nitrogens with zero attached hydrogens (tertiary/aromatic N) is 4. The highest BCUT2D eigenvalue weighted by molar-refractivity contribution is 5.71. The molecule has 0 amide bonds. The van der Waals surface area contributed by atoms with Crippen LogP contribution in [-0.2, 0) is 12.8 Å². The zero-order chi connectivity index (χ0) is 21.5. The second-order valence-electron chi connectivity index (χ2n) is 7.74. The number of para-hydroxylation sites is 2. The molecule has 0 unspecified atom stereocenters. The predicted octanol–water partition coefficient (Wildman–Crippen LogP) is 5.09. The first kappa shape index (κ1) is 18.6. The molecule has 3 heterocycles. The van der Waals surface area contributed by atoms with Crippen LogP contribution in [0.15, 0.2) is 78.9 Å². The molecule has 0 aliphatic carbocycles. The second-order valence-corrected chi connectivity index (χ2v) is 7.74. The summed E-state index contributed by atoms with van der Waals surface area (Å²) in [5.41, 5.74) is 4.83. The second kappa shape index (κ2) is 7.50. The Hall–Kier alpha value is -4.19. The van der Waals surface area contributed by atoms with Crippen LogP contribution in [0.3, 0.4) is 0 Å². The van der Waals surface area contributed by atoms with Crippen molar-refractivity contribution in [3.05, 3.63) is 101 Å². The first-order valence-corrected chi connectivity index (χ1v) is 10.5. The molecule has 0 radical (unpaired) electrons. The van der Waals surface area contributed by atoms with Crippen LogP contribution >= 0.6 is 0 Å². The van der Waals surface area contributed by atoms with E-state index in [1.807, 2.05) is 65.1 Å². The van der Waals surface area contributed by atoms with Gasteiger partial charge in [0.1, 0.15) is 17.3 Å². The summed E-state index contributed by atoms with van der Waals surface area (Å²) in [5, 5.41) is 9.17. The minimum Gasteiger partial charge on any atom is -0.496 e. The summed E-state index contributed by atoms with van der Waals surface area (Å²) >= 11 is 0. The third-order valence-corrected chi connectivity index (χ3v) is 5.78. The maximum Gasteiger partial charge on any atom is 0.228 e. The van der Waals surface area contributed by atoms with Crippen LogP contribution in [0, 0.1) is 0 Å². The van der Waals surface area contributed by atoms with Crippen molar-refractivity contribution in [1.29, 1.82) is 0 Å². The Morgan fingerprint density at radius 2 is 1.69 bits per heavy atom. The van der Waals surface area contributed by atoms with Crippen LogP contribution < -0.4 is 9.47 Å². The molecule has 6 rings (SSSR count). The van der Waals surface area contributed by atoms with E-state index < -0.39 is 0 Å². The minimum absolute atomic E-state index is 0.566. The lowest BCUT2D eigenvalue weighted by molar-refractivity contribution is 0.415. The Kier molecular flexibility index (Phi) is 4.35. The zero-order valence-corrected chi connectivity index (χ0v) is 17.5. The lowest BCUT2D eigenvalue weighted by atomic mass is 10.0. The van der Waals surface area contributed by atoms with Crippen molar-refractivity contribution in [2.24, 2.45) is 0 Å². The summed E-state index contributed by atoms with van der Waals surface area (Å²) in [4.78, 5) is 4.97. The highest BCUT2D eigenvalue weighted by Crippen LogP contribution is 2.40. The number of methoxy groups -OCH3 is 1. The van der Waals surface area contributed by atoms with E-state index >= 15 is 0 Å². The molecular formula is C26H20N4O2. The van der Waals surface area contributed by atoms with Gasteiger partial charge < -0.3 is 9.47 Å². The standard InChI is InChI=1S/C26H20N4O2/c1-31-22-14-8-6-12-19(22)24-27-26-20(16-18-11-5-7-13-21(18)32-26)25-29-28-23(30(24)25)15-17-9-3-2-4-10-17/h2-14H,15-16H2,1H3. The Morgan fingerprint density at radius 1 is 0.906 bits per heavy atom. The zero-order valence-electron chi connectivity index (χ0n) is 17.5. The van der Waals surface area contributed by atoms with Gasteiger partial charge in [-0.3, -0.25) is 4.40 Å². The summed E-state index contributed by atoms with van der Waals surface area (Å²) in [6.07, 6.45) is 1.33. The lowest BCUT2D eigenvalue weighted by Gasteiger charge is -2.21. The monoisotopic (exact) mass is 420 g/mol. The third-order valence-electron chi connectivity index (χ3n) is 5.78. The molecule has 1 aliphatic rings. The summed E-state index contributed by atoms with van der Waals surface area (Å²) in [6, 6.07) is 26.1. The molecule has 32 heavy (non-hydrogen) atoms. The van der Waals surface area contributed by atoms with Crippen LogP contribution in [-0.4, -0.2) is 26.7 Å². The molecule has 156 valence electrons. The highest BCUT2D eigenvalue weighted by atomic mass is 16.5. The van der Waals surface area contributed by atoms with Gasteiger partial charge in [0, 0.05) is 12.8 Å². The fourth-order valence-electron chi connectivity index (χ4n) is 4.23. The van der Waals surface area contributed by atoms with Crippen molar-refractivity contribution in [3.8, 4) is 28.8 Å². The van der Waals surface area contributed by atoms with Crippen LogP contribution in [0.25, 0.3) is 17.0 Å². The number of hydrogen-bond donors (Lipinski definition) is 0. The summed E-state index contributed by atoms with van der Waals surface area (Å²) in [6.45, 7) is 0. The minimum atomic E-state index is 0.566. The van der Waals surface area contributed by atoms with E-state index in [2.05, 4.69) is 28.4 Å². The average molecular weight is 420 g/mol. The van der Waals surface area contributed by atoms with Crippen molar-refractivity contribution < 1.29 is 9.47 Å². The van der Waals surface area contributed by atoms with Crippen molar-refractivity contribution >= 4 is 5.65 Å². The van der Waals surface area contributed by atoms with Crippen LogP contribution in [0.5, 0.6) is 17.4 Å². The molecule has 0 fully saturated rings. The van der Waals surface area contributed by atoms with Crippen LogP contribution in [0.1, 0.15) is 22.5 Å². The molecule has 2 aromatic heterocycles. The van der Waals surface area contributed by atoms with Crippen LogP contribution in [0.2, 0.25) is 0 Å². The van der Waals surface area contributed by atoms with Gasteiger partial charge in [0.25, 0.3) is 0 Å². The number of benzene rings is 3. The van der Waals surface area contributed by atoms with Gasteiger partial charge in [0.05, 0.1) is 18.2 Å². The molecule has 3 aromatic carbocycles. The largest absolute Gasteiger partial charge is 0.496 e. The molecule has 5 aromatic rings. The average Bonchev–Trinajstić information content (AvgIpc) is 3.27. The topological polar surface area (TPSA) is 61.5 Å². The van der Waals surface area contributed by atoms with E-state index in [-0.39, 0.29) is 0 Å². The quantitative estimate of drug-likeness (QED) is 0.398. The number of fused-ring (bicyclic) bond motifs is 4. The highest BCUT2D eigenvalue weighted by Gasteiger charge is 2.27. The number of ether oxygens (including phenoxy) is 2. The third kappa shape index (κ3) is 3.00. The fourth-order valence-corrected chi connectivity index (χ4v) is 4.23. The number of rotatable bonds is 4. The molecule has 0 atom stereocenters. The Balaban J connectivity index is 1.60. The molecule has 0 saturated carbocycles. The first-order valence-electron chi connectivity index (χ1n) is 10.5. The van der Waals surface area contributed by atoms with Gasteiger partial charge in [-0.2, -0.15) is 4.98 Å². The molecule has 0 bridgehead atoms. The van der Waals surface area contributed by atoms with Gasteiger partial charge in [-0.1, -0.05) is 60.7 Å². The molecule has 0 spiro atoms. The van der Waals surface area contributed by atoms with Crippen molar-refractivity contribution in [1.82, 2.24) is 19.6 Å². The normalized spacial score (nSPS) is 12.2. The van der Waals surface area contributed by atoms with Crippen molar-refractivity contribution in [3.63, 3.8) is 0 Å². The van der Waals surface area contributed by atoms with Crippen molar-refractivity contribution in [2.45, 2.75) is 12.8 Å². The summed E-state index contributed by atoms with van der Waals surface area (Å²) in [7, 11) is 1.66. The predicted molar refractivity (Wildman–Crippen MR) is 121 cm³/mol. The molecule has 6 heteroatoms. The van der Waals surface area contributed by atoms with E-state index in [0.717, 1.165) is 45.2 Å². The molecule has 0 saturated heterocycles. The Morgan fingerprint density at radius 3 is 2.56 bits per heavy atom. The fraction of sp³-hybridized carbons (Fsp3) is 0.115. The summed E-state index contributed by atoms with van der Waals surface area (Å²) in [5.74, 6) is 3.65. The van der Waals surface area contributed by atoms with Gasteiger partial charge in [0.2, 0.25) is 5.88 Å².